The van der Waals surface area contributed by atoms with E-state index in [1.165, 1.54) is 13.3 Å². The van der Waals surface area contributed by atoms with Crippen molar-refractivity contribution < 1.29 is 19.0 Å². The van der Waals surface area contributed by atoms with Crippen molar-refractivity contribution >= 4 is 16.9 Å². The van der Waals surface area contributed by atoms with Gasteiger partial charge in [0.1, 0.15) is 11.4 Å². The van der Waals surface area contributed by atoms with Crippen molar-refractivity contribution in [1.82, 2.24) is 14.5 Å². The number of nitrogens with zero attached hydrogens (tertiary/aromatic N) is 2. The summed E-state index contributed by atoms with van der Waals surface area (Å²) < 4.78 is 25.0. The van der Waals surface area contributed by atoms with Crippen LogP contribution >= 0.6 is 0 Å². The zero-order valence-corrected chi connectivity index (χ0v) is 17.7. The Hall–Kier alpha value is -3.13. The van der Waals surface area contributed by atoms with Gasteiger partial charge in [-0.3, -0.25) is 4.79 Å². The van der Waals surface area contributed by atoms with Crippen LogP contribution in [0.1, 0.15) is 48.8 Å². The summed E-state index contributed by atoms with van der Waals surface area (Å²) in [6.07, 6.45) is 5.02. The minimum Gasteiger partial charge on any atom is -0.494 e. The van der Waals surface area contributed by atoms with E-state index in [4.69, 9.17) is 4.74 Å². The molecule has 8 heteroatoms. The molecule has 1 saturated carbocycles. The number of aromatic carboxylic acids is 1. The number of rotatable bonds is 4. The van der Waals surface area contributed by atoms with Crippen molar-refractivity contribution in [2.75, 3.05) is 13.7 Å². The second kappa shape index (κ2) is 6.68. The topological polar surface area (TPSA) is 85.5 Å². The highest BCUT2D eigenvalue weighted by atomic mass is 19.1. The number of hydrogen-bond donors (Lipinski definition) is 2. The van der Waals surface area contributed by atoms with Crippen LogP contribution in [0.3, 0.4) is 0 Å². The first-order chi connectivity index (χ1) is 14.7. The molecule has 7 nitrogen and oxygen atoms in total. The summed E-state index contributed by atoms with van der Waals surface area (Å²) in [6, 6.07) is 3.17. The van der Waals surface area contributed by atoms with Crippen molar-refractivity contribution in [2.24, 2.45) is 0 Å². The lowest BCUT2D eigenvalue weighted by Crippen LogP contribution is -2.44. The molecule has 2 aromatic heterocycles. The quantitative estimate of drug-likeness (QED) is 0.668. The molecule has 0 spiro atoms. The molecule has 1 aliphatic heterocycles. The molecule has 3 aromatic rings. The Balaban J connectivity index is 1.84. The van der Waals surface area contributed by atoms with Crippen LogP contribution in [0.25, 0.3) is 22.0 Å². The van der Waals surface area contributed by atoms with Gasteiger partial charge in [-0.2, -0.15) is 0 Å². The monoisotopic (exact) mass is 425 g/mol. The molecule has 2 N–H and O–H groups in total. The number of benzene rings is 1. The fourth-order valence-corrected chi connectivity index (χ4v) is 4.66. The maximum absolute atomic E-state index is 15.5. The van der Waals surface area contributed by atoms with Gasteiger partial charge in [-0.15, -0.1) is 0 Å². The Kier molecular flexibility index (Phi) is 4.27. The third-order valence-corrected chi connectivity index (χ3v) is 6.34. The smallest absolute Gasteiger partial charge is 0.341 e. The number of aromatic nitrogens is 2. The minimum absolute atomic E-state index is 0.0240. The van der Waals surface area contributed by atoms with Crippen molar-refractivity contribution in [3.8, 4) is 16.9 Å². The van der Waals surface area contributed by atoms with Gasteiger partial charge in [-0.1, -0.05) is 0 Å². The zero-order valence-electron chi connectivity index (χ0n) is 17.7. The largest absolute Gasteiger partial charge is 0.494 e. The fourth-order valence-electron chi connectivity index (χ4n) is 4.66. The van der Waals surface area contributed by atoms with Gasteiger partial charge < -0.3 is 24.3 Å². The molecule has 3 heterocycles. The number of methoxy groups -OCH3 is 1. The molecule has 1 aromatic carbocycles. The molecule has 0 atom stereocenters. The van der Waals surface area contributed by atoms with Crippen LogP contribution < -0.4 is 15.5 Å². The second-order valence-corrected chi connectivity index (χ2v) is 8.84. The first-order valence-corrected chi connectivity index (χ1v) is 10.4. The van der Waals surface area contributed by atoms with Crippen LogP contribution in [0.4, 0.5) is 4.39 Å². The number of ether oxygens (including phenoxy) is 1. The molecular weight excluding hydrogens is 401 g/mol. The van der Waals surface area contributed by atoms with Gasteiger partial charge in [0.15, 0.2) is 5.75 Å². The molecule has 0 unspecified atom stereocenters. The number of carboxylic acid groups (broad SMARTS) is 1. The van der Waals surface area contributed by atoms with Crippen molar-refractivity contribution in [3.05, 3.63) is 51.8 Å². The molecule has 0 radical (unpaired) electrons. The van der Waals surface area contributed by atoms with E-state index in [9.17, 15) is 14.7 Å². The number of halogens is 1. The van der Waals surface area contributed by atoms with Gasteiger partial charge in [-0.05, 0) is 38.8 Å². The minimum atomic E-state index is -1.32. The molecule has 1 fully saturated rings. The summed E-state index contributed by atoms with van der Waals surface area (Å²) in [6.45, 7) is 5.73. The highest BCUT2D eigenvalue weighted by Crippen LogP contribution is 2.44. The second-order valence-electron chi connectivity index (χ2n) is 8.84. The molecule has 0 amide bonds. The third-order valence-electron chi connectivity index (χ3n) is 6.34. The number of pyridine rings is 1. The van der Waals surface area contributed by atoms with E-state index in [0.717, 1.165) is 37.7 Å². The normalized spacial score (nSPS) is 17.5. The number of carboxylic acids is 1. The first-order valence-electron chi connectivity index (χ1n) is 10.4. The highest BCUT2D eigenvalue weighted by molar-refractivity contribution is 5.98. The predicted molar refractivity (Wildman–Crippen MR) is 114 cm³/mol. The lowest BCUT2D eigenvalue weighted by atomic mass is 9.96. The van der Waals surface area contributed by atoms with Gasteiger partial charge >= 0.3 is 5.97 Å². The van der Waals surface area contributed by atoms with Crippen LogP contribution in [-0.4, -0.2) is 33.9 Å². The third kappa shape index (κ3) is 2.96. The van der Waals surface area contributed by atoms with Crippen LogP contribution in [0.5, 0.6) is 5.75 Å². The maximum Gasteiger partial charge on any atom is 0.341 e. The average Bonchev–Trinajstić information content (AvgIpc) is 3.45. The molecule has 162 valence electrons. The average molecular weight is 425 g/mol. The summed E-state index contributed by atoms with van der Waals surface area (Å²) in [7, 11) is 1.45. The van der Waals surface area contributed by atoms with E-state index in [-0.39, 0.29) is 33.8 Å². The van der Waals surface area contributed by atoms with E-state index >= 15 is 4.39 Å². The summed E-state index contributed by atoms with van der Waals surface area (Å²) >= 11 is 0. The van der Waals surface area contributed by atoms with Gasteiger partial charge in [0.2, 0.25) is 5.43 Å². The van der Waals surface area contributed by atoms with Gasteiger partial charge in [0.25, 0.3) is 0 Å². The van der Waals surface area contributed by atoms with Crippen molar-refractivity contribution in [2.45, 2.75) is 44.8 Å². The Labute approximate surface area is 178 Å². The maximum atomic E-state index is 15.5. The Morgan fingerprint density at radius 3 is 2.65 bits per heavy atom. The molecule has 1 aliphatic carbocycles. The molecule has 5 rings (SSSR count). The van der Waals surface area contributed by atoms with E-state index in [2.05, 4.69) is 23.7 Å². The van der Waals surface area contributed by atoms with Crippen molar-refractivity contribution in [3.63, 3.8) is 0 Å². The fraction of sp³-hybridized carbons (Fsp3) is 0.391. The van der Waals surface area contributed by atoms with E-state index in [1.807, 2.05) is 12.3 Å². The Morgan fingerprint density at radius 2 is 2.03 bits per heavy atom. The summed E-state index contributed by atoms with van der Waals surface area (Å²) in [5.41, 5.74) is 1.10. The Morgan fingerprint density at radius 1 is 1.29 bits per heavy atom. The molecular formula is C23H24FN3O4. The van der Waals surface area contributed by atoms with E-state index < -0.39 is 17.2 Å². The van der Waals surface area contributed by atoms with Crippen LogP contribution in [0.15, 0.2) is 29.3 Å². The van der Waals surface area contributed by atoms with Gasteiger partial charge in [0.05, 0.1) is 29.1 Å². The molecule has 2 aliphatic rings. The number of nitrogens with one attached hydrogen (secondary N) is 1. The molecule has 0 saturated heterocycles. The lowest BCUT2D eigenvalue weighted by Gasteiger charge is -2.33. The van der Waals surface area contributed by atoms with E-state index in [1.54, 1.807) is 4.57 Å². The number of carbonyl (C=O) groups is 1. The summed E-state index contributed by atoms with van der Waals surface area (Å²) in [5.74, 6) is -1.68. The standard InChI is InChI=1S/C23H24FN3O4/c1-23(2)17-8-12(10-26(17)7-6-25-23)18-16(24)9-14-19(21(18)31-3)27(13-4-5-13)11-15(20(14)28)22(29)30/h8-11,13,25H,4-7H2,1-3H3,(H,29,30). The lowest BCUT2D eigenvalue weighted by molar-refractivity contribution is 0.0695. The zero-order chi connectivity index (χ0) is 22.1. The highest BCUT2D eigenvalue weighted by Gasteiger charge is 2.32. The summed E-state index contributed by atoms with van der Waals surface area (Å²) in [5, 5.41) is 13.0. The van der Waals surface area contributed by atoms with E-state index in [0.29, 0.717) is 11.1 Å². The molecule has 31 heavy (non-hydrogen) atoms. The van der Waals surface area contributed by atoms with Crippen LogP contribution in [-0.2, 0) is 12.1 Å². The van der Waals surface area contributed by atoms with Gasteiger partial charge in [-0.25, -0.2) is 9.18 Å². The SMILES string of the molecule is COc1c(-c2cc3n(c2)CCNC3(C)C)c(F)cc2c(=O)c(C(=O)O)cn(C3CC3)c12. The first kappa shape index (κ1) is 19.8. The number of fused-ring (bicyclic) bond motifs is 2. The number of hydrogen-bond acceptors (Lipinski definition) is 4. The van der Waals surface area contributed by atoms with Gasteiger partial charge in [0, 0.05) is 42.8 Å². The predicted octanol–water partition coefficient (Wildman–Crippen LogP) is 3.49. The van der Waals surface area contributed by atoms with Crippen LogP contribution in [0.2, 0.25) is 0 Å². The van der Waals surface area contributed by atoms with Crippen molar-refractivity contribution in [1.29, 1.82) is 0 Å². The Bertz CT molecular complexity index is 1300. The molecule has 0 bridgehead atoms. The summed E-state index contributed by atoms with van der Waals surface area (Å²) in [4.78, 5) is 24.5. The van der Waals surface area contributed by atoms with Crippen LogP contribution in [0, 0.1) is 5.82 Å².